The molecule has 1 aliphatic heterocycles. The van der Waals surface area contributed by atoms with Crippen LogP contribution in [-0.2, 0) is 19.6 Å². The lowest BCUT2D eigenvalue weighted by atomic mass is 9.89. The fourth-order valence-corrected chi connectivity index (χ4v) is 6.56. The summed E-state index contributed by atoms with van der Waals surface area (Å²) < 4.78 is 12.2. The minimum atomic E-state index is 0.132. The van der Waals surface area contributed by atoms with Gasteiger partial charge in [-0.3, -0.25) is 9.78 Å². The highest BCUT2D eigenvalue weighted by Crippen LogP contribution is 2.36. The number of aldehydes is 1. The van der Waals surface area contributed by atoms with Crippen molar-refractivity contribution in [1.29, 1.82) is 5.26 Å². The third kappa shape index (κ3) is 7.60. The van der Waals surface area contributed by atoms with Crippen LogP contribution in [0.5, 0.6) is 11.5 Å². The molecular weight excluding hydrogens is 618 g/mol. The Bertz CT molecular complexity index is 1960. The molecule has 1 fully saturated rings. The van der Waals surface area contributed by atoms with Crippen LogP contribution >= 0.6 is 11.6 Å². The zero-order valence-corrected chi connectivity index (χ0v) is 28.1. The molecule has 0 saturated carbocycles. The molecule has 0 bridgehead atoms. The summed E-state index contributed by atoms with van der Waals surface area (Å²) >= 11 is 6.54. The topological polar surface area (TPSA) is 75.5 Å². The van der Waals surface area contributed by atoms with Gasteiger partial charge in [0.15, 0.2) is 6.29 Å². The molecule has 1 aliphatic rings. The number of nitriles is 1. The van der Waals surface area contributed by atoms with Crippen molar-refractivity contribution < 1.29 is 14.3 Å². The van der Waals surface area contributed by atoms with Crippen LogP contribution in [0.15, 0.2) is 91.3 Å². The number of ether oxygens (including phenoxy) is 2. The maximum atomic E-state index is 11.8. The molecular formula is C41H38ClN3O3. The summed E-state index contributed by atoms with van der Waals surface area (Å²) in [4.78, 5) is 18.4. The van der Waals surface area contributed by atoms with Gasteiger partial charge in [-0.25, -0.2) is 0 Å². The largest absolute Gasteiger partial charge is 0.488 e. The summed E-state index contributed by atoms with van der Waals surface area (Å²) in [5.41, 5.74) is 11.0. The van der Waals surface area contributed by atoms with E-state index in [-0.39, 0.29) is 13.2 Å². The van der Waals surface area contributed by atoms with Gasteiger partial charge in [0.05, 0.1) is 16.1 Å². The Morgan fingerprint density at radius 3 is 2.29 bits per heavy atom. The van der Waals surface area contributed by atoms with E-state index < -0.39 is 0 Å². The molecule has 1 aromatic heterocycles. The van der Waals surface area contributed by atoms with Gasteiger partial charge < -0.3 is 14.4 Å². The number of carbonyl (C=O) groups excluding carboxylic acids is 1. The van der Waals surface area contributed by atoms with Gasteiger partial charge in [-0.15, -0.1) is 0 Å². The van der Waals surface area contributed by atoms with E-state index in [1.54, 1.807) is 24.4 Å². The number of aromatic nitrogens is 1. The number of halogens is 1. The van der Waals surface area contributed by atoms with Crippen molar-refractivity contribution in [2.24, 2.45) is 0 Å². The molecule has 0 unspecified atom stereocenters. The SMILES string of the molecule is Cc1c(COc2cc(OCc3cncc(C#N)c3)c(C=O)cc2Cl)cccc1-c1cccc(-c2ccc(CCN3CCCC3)cc2)c1C. The fourth-order valence-electron chi connectivity index (χ4n) is 6.34. The van der Waals surface area contributed by atoms with Crippen LogP contribution in [0.2, 0.25) is 5.02 Å². The van der Waals surface area contributed by atoms with Crippen molar-refractivity contribution >= 4 is 17.9 Å². The lowest BCUT2D eigenvalue weighted by Crippen LogP contribution is -2.21. The van der Waals surface area contributed by atoms with Gasteiger partial charge in [0.1, 0.15) is 30.8 Å². The van der Waals surface area contributed by atoms with Gasteiger partial charge in [-0.2, -0.15) is 5.26 Å². The number of likely N-dealkylation sites (tertiary alicyclic amines) is 1. The quantitative estimate of drug-likeness (QED) is 0.125. The molecule has 0 radical (unpaired) electrons. The molecule has 7 heteroatoms. The van der Waals surface area contributed by atoms with E-state index in [9.17, 15) is 4.79 Å². The molecule has 5 aromatic rings. The van der Waals surface area contributed by atoms with E-state index in [1.165, 1.54) is 59.9 Å². The molecule has 0 spiro atoms. The summed E-state index contributed by atoms with van der Waals surface area (Å²) in [5, 5.41) is 9.48. The minimum absolute atomic E-state index is 0.132. The third-order valence-electron chi connectivity index (χ3n) is 9.14. The van der Waals surface area contributed by atoms with Gasteiger partial charge in [0.2, 0.25) is 0 Å². The Balaban J connectivity index is 1.18. The first-order valence-electron chi connectivity index (χ1n) is 16.3. The Labute approximate surface area is 287 Å². The third-order valence-corrected chi connectivity index (χ3v) is 9.44. The smallest absolute Gasteiger partial charge is 0.153 e. The van der Waals surface area contributed by atoms with Gasteiger partial charge in [0, 0.05) is 30.6 Å². The number of rotatable bonds is 12. The molecule has 48 heavy (non-hydrogen) atoms. The number of carbonyl (C=O) groups is 1. The number of pyridine rings is 1. The van der Waals surface area contributed by atoms with Crippen molar-refractivity contribution in [2.45, 2.75) is 46.3 Å². The number of benzene rings is 4. The van der Waals surface area contributed by atoms with Crippen molar-refractivity contribution in [1.82, 2.24) is 9.88 Å². The van der Waals surface area contributed by atoms with Crippen molar-refractivity contribution in [2.75, 3.05) is 19.6 Å². The molecule has 0 aliphatic carbocycles. The van der Waals surface area contributed by atoms with Crippen LogP contribution in [0.3, 0.4) is 0 Å². The van der Waals surface area contributed by atoms with Crippen LogP contribution in [0.25, 0.3) is 22.3 Å². The molecule has 242 valence electrons. The van der Waals surface area contributed by atoms with Crippen LogP contribution in [0, 0.1) is 25.2 Å². The van der Waals surface area contributed by atoms with E-state index in [2.05, 4.69) is 90.5 Å². The predicted molar refractivity (Wildman–Crippen MR) is 191 cm³/mol. The summed E-state index contributed by atoms with van der Waals surface area (Å²) in [6.45, 7) is 8.32. The lowest BCUT2D eigenvalue weighted by molar-refractivity contribution is 0.111. The molecule has 0 N–H and O–H groups in total. The van der Waals surface area contributed by atoms with Crippen LogP contribution in [0.1, 0.15) is 56.6 Å². The summed E-state index contributed by atoms with van der Waals surface area (Å²) in [5.74, 6) is 0.748. The molecule has 4 aromatic carbocycles. The first-order valence-corrected chi connectivity index (χ1v) is 16.7. The molecule has 0 atom stereocenters. The predicted octanol–water partition coefficient (Wildman–Crippen LogP) is 9.17. The second-order valence-corrected chi connectivity index (χ2v) is 12.7. The van der Waals surface area contributed by atoms with Crippen LogP contribution in [-0.4, -0.2) is 35.8 Å². The summed E-state index contributed by atoms with van der Waals surface area (Å²) in [7, 11) is 0. The first-order chi connectivity index (χ1) is 23.4. The first kappa shape index (κ1) is 33.0. The van der Waals surface area contributed by atoms with Crippen LogP contribution in [0.4, 0.5) is 0 Å². The summed E-state index contributed by atoms with van der Waals surface area (Å²) in [6, 6.07) is 28.8. The highest BCUT2D eigenvalue weighted by Gasteiger charge is 2.16. The van der Waals surface area contributed by atoms with E-state index in [0.717, 1.165) is 29.7 Å². The lowest BCUT2D eigenvalue weighted by Gasteiger charge is -2.18. The van der Waals surface area contributed by atoms with Crippen LogP contribution < -0.4 is 9.47 Å². The maximum Gasteiger partial charge on any atom is 0.153 e. The maximum absolute atomic E-state index is 11.8. The molecule has 0 amide bonds. The van der Waals surface area contributed by atoms with E-state index in [4.69, 9.17) is 26.3 Å². The second kappa shape index (κ2) is 15.3. The van der Waals surface area contributed by atoms with E-state index in [1.807, 2.05) is 0 Å². The van der Waals surface area contributed by atoms with Crippen molar-refractivity contribution in [3.8, 4) is 39.8 Å². The Morgan fingerprint density at radius 1 is 0.833 bits per heavy atom. The van der Waals surface area contributed by atoms with Gasteiger partial charge in [0.25, 0.3) is 0 Å². The fraction of sp³-hybridized carbons (Fsp3) is 0.244. The van der Waals surface area contributed by atoms with Crippen molar-refractivity contribution in [3.05, 3.63) is 135 Å². The van der Waals surface area contributed by atoms with E-state index in [0.29, 0.717) is 39.5 Å². The average Bonchev–Trinajstić information content (AvgIpc) is 3.64. The average molecular weight is 656 g/mol. The second-order valence-electron chi connectivity index (χ2n) is 12.3. The highest BCUT2D eigenvalue weighted by atomic mass is 35.5. The molecule has 6 rings (SSSR count). The molecule has 1 saturated heterocycles. The summed E-state index contributed by atoms with van der Waals surface area (Å²) in [6.07, 6.45) is 7.54. The van der Waals surface area contributed by atoms with Crippen molar-refractivity contribution in [3.63, 3.8) is 0 Å². The Kier molecular flexibility index (Phi) is 10.5. The number of hydrogen-bond donors (Lipinski definition) is 0. The number of hydrogen-bond acceptors (Lipinski definition) is 6. The van der Waals surface area contributed by atoms with Gasteiger partial charge in [-0.1, -0.05) is 72.3 Å². The number of nitrogens with zero attached hydrogens (tertiary/aromatic N) is 3. The van der Waals surface area contributed by atoms with Gasteiger partial charge in [-0.05, 0) is 103 Å². The minimum Gasteiger partial charge on any atom is -0.488 e. The molecule has 2 heterocycles. The zero-order chi connectivity index (χ0) is 33.5. The monoisotopic (exact) mass is 655 g/mol. The van der Waals surface area contributed by atoms with Gasteiger partial charge >= 0.3 is 0 Å². The molecule has 6 nitrogen and oxygen atoms in total. The van der Waals surface area contributed by atoms with E-state index >= 15 is 0 Å². The Morgan fingerprint density at radius 2 is 1.54 bits per heavy atom. The normalized spacial score (nSPS) is 12.9. The Hall–Kier alpha value is -4.96. The highest BCUT2D eigenvalue weighted by molar-refractivity contribution is 6.32. The standard InChI is InChI=1S/C41H38ClN3O3/c1-28-34(27-48-41-21-40(35(25-46)20-39(41)42)47-26-32-19-31(22-43)23-44-24-32)7-5-9-37(28)38-10-6-8-36(29(38)2)33-13-11-30(12-14-33)15-18-45-16-3-4-17-45/h5-14,19-21,23-25H,3-4,15-18,26-27H2,1-2H3. The zero-order valence-electron chi connectivity index (χ0n) is 27.3.